The van der Waals surface area contributed by atoms with Gasteiger partial charge >= 0.3 is 131 Å². The number of ketones is 5. The number of allylic oxidation sites excluding steroid dienone is 17. The first kappa shape index (κ1) is 111. The van der Waals surface area contributed by atoms with E-state index in [0.29, 0.717) is 90.1 Å². The molecule has 0 aliphatic heterocycles. The Bertz CT molecular complexity index is 3310. The van der Waals surface area contributed by atoms with Gasteiger partial charge in [0.1, 0.15) is 42.5 Å². The third-order valence-electron chi connectivity index (χ3n) is 13.1. The molecular formula is C79H130Al4O31+12. The summed E-state index contributed by atoms with van der Waals surface area (Å²) in [4.78, 5) is 115. The van der Waals surface area contributed by atoms with Gasteiger partial charge in [0.05, 0.1) is 134 Å². The maximum Gasteiger partial charge on any atom is 1.20 e. The van der Waals surface area contributed by atoms with E-state index < -0.39 is 66.6 Å². The van der Waals surface area contributed by atoms with Gasteiger partial charge in [-0.3, -0.25) is 24.0 Å². The Morgan fingerprint density at radius 1 is 0.263 bits per heavy atom. The van der Waals surface area contributed by atoms with E-state index in [-0.39, 0.29) is 95.2 Å². The van der Waals surface area contributed by atoms with E-state index in [1.807, 2.05) is 6.11 Å². The highest BCUT2D eigenvalue weighted by molar-refractivity contribution is 6.39. The molecule has 0 fully saturated rings. The van der Waals surface area contributed by atoms with Crippen LogP contribution in [0.4, 0.5) is 0 Å². The smallest absolute Gasteiger partial charge is 0.580 e. The number of ether oxygens (including phenoxy) is 7. The summed E-state index contributed by atoms with van der Waals surface area (Å²) >= 11 is -11.3. The zero-order valence-corrected chi connectivity index (χ0v) is 76.1. The third kappa shape index (κ3) is 69.5. The lowest BCUT2D eigenvalue weighted by Crippen LogP contribution is -2.26. The Morgan fingerprint density at radius 2 is 0.430 bits per heavy atom. The highest BCUT2D eigenvalue weighted by Gasteiger charge is 2.48. The number of esters is 7. The maximum atomic E-state index is 10.2. The highest BCUT2D eigenvalue weighted by atomic mass is 27.3. The molecule has 31 nitrogen and oxygen atoms in total. The van der Waals surface area contributed by atoms with Crippen molar-refractivity contribution >= 4 is 131 Å². The lowest BCUT2D eigenvalue weighted by molar-refractivity contribution is 0.179. The van der Waals surface area contributed by atoms with Gasteiger partial charge in [-0.15, -0.1) is 0 Å². The summed E-state index contributed by atoms with van der Waals surface area (Å²) in [7, 11) is 0. The minimum absolute atomic E-state index is 0.0689. The average Bonchev–Trinajstić information content (AvgIpc) is 0.919. The number of hydrogen-bond acceptors (Lipinski definition) is 19. The number of carbonyl (C=O) groups excluding carboxylic acids is 12. The lowest BCUT2D eigenvalue weighted by atomic mass is 10.0. The molecule has 0 aromatic heterocycles. The van der Waals surface area contributed by atoms with Crippen molar-refractivity contribution in [2.24, 2.45) is 11.8 Å². The van der Waals surface area contributed by atoms with Crippen molar-refractivity contribution in [2.45, 2.75) is 224 Å². The zero-order chi connectivity index (χ0) is 87.8. The van der Waals surface area contributed by atoms with E-state index in [2.05, 4.69) is 32.4 Å². The summed E-state index contributed by atoms with van der Waals surface area (Å²) < 4.78 is 103. The van der Waals surface area contributed by atoms with Crippen LogP contribution >= 0.6 is 0 Å². The quantitative estimate of drug-likeness (QED) is 0.0104. The molecule has 2 atom stereocenters. The lowest BCUT2D eigenvalue weighted by Gasteiger charge is -2.16. The highest BCUT2D eigenvalue weighted by Crippen LogP contribution is 2.19. The molecule has 0 rings (SSSR count). The molecule has 0 amide bonds. The Balaban J connectivity index is -0.000000722. The first-order valence-corrected chi connectivity index (χ1v) is 42.8. The van der Waals surface area contributed by atoms with Crippen LogP contribution in [0.5, 0.6) is 0 Å². The van der Waals surface area contributed by atoms with Crippen LogP contribution in [0.1, 0.15) is 224 Å². The standard InChI is InChI=1S/2C12H22O3.4C6H10O3.C6H6O3.5C5H8O2.4Al/c2*1-4-6-7-11(5-2)9-15-12(14)8-10(3)13;5*1-3-9-6(8)4-5(2)7;5*1-4(6)3-5(2)7;;;;/h2*8,11,13H,4-7,9H2,1-3H3;4*4,7H,3H2,1-2H3;1,4,7H,2H3;5*3,6H,1-2H3;;;;/q;;;;;;;;;;;;4*+3. The number of terminal acetylenes is 1. The third-order valence-corrected chi connectivity index (χ3v) is 19.9. The van der Waals surface area contributed by atoms with Gasteiger partial charge in [0.25, 0.3) is 6.11 Å². The minimum atomic E-state index is -2.94. The van der Waals surface area contributed by atoms with Crippen LogP contribution in [0.25, 0.3) is 0 Å². The average molecular weight is 1680 g/mol. The van der Waals surface area contributed by atoms with Crippen molar-refractivity contribution in [1.29, 1.82) is 0 Å². The molecule has 2 unspecified atom stereocenters. The first-order valence-electron chi connectivity index (χ1n) is 37.1. The molecule has 0 spiro atoms. The molecule has 0 heterocycles. The molecule has 0 saturated heterocycles. The Hall–Kier alpha value is -9.19. The van der Waals surface area contributed by atoms with E-state index in [4.69, 9.17) is 80.3 Å². The molecule has 0 aromatic rings. The summed E-state index contributed by atoms with van der Waals surface area (Å²) in [5, 5.41) is 0. The molecule has 0 bridgehead atoms. The second-order valence-electron chi connectivity index (χ2n) is 24.6. The summed E-state index contributed by atoms with van der Waals surface area (Å²) in [6.45, 7) is 44.6. The Morgan fingerprint density at radius 3 is 0.579 bits per heavy atom. The van der Waals surface area contributed by atoms with Crippen LogP contribution in [0, 0.1) is 24.4 Å². The molecule has 0 radical (unpaired) electrons. The number of unbranched alkanes of at least 4 members (excludes halogenated alkanes) is 2. The van der Waals surface area contributed by atoms with Crippen molar-refractivity contribution < 1.29 is 136 Å². The van der Waals surface area contributed by atoms with Gasteiger partial charge in [-0.1, -0.05) is 53.4 Å². The monoisotopic (exact) mass is 1680 g/mol. The van der Waals surface area contributed by atoms with Gasteiger partial charge in [0.2, 0.25) is 0 Å². The molecule has 35 heteroatoms. The van der Waals surface area contributed by atoms with Gasteiger partial charge in [0.15, 0.2) is 39.6 Å². The van der Waals surface area contributed by atoms with Crippen LogP contribution in [0.15, 0.2) is 142 Å². The second kappa shape index (κ2) is 68.2. The van der Waals surface area contributed by atoms with E-state index in [0.717, 1.165) is 57.4 Å². The predicted molar refractivity (Wildman–Crippen MR) is 448 cm³/mol. The van der Waals surface area contributed by atoms with E-state index >= 15 is 0 Å². The number of rotatable bonds is 52. The van der Waals surface area contributed by atoms with Crippen LogP contribution in [-0.4, -0.2) is 228 Å². The Labute approximate surface area is 693 Å². The number of hydrogen-bond donors (Lipinski definition) is 0. The summed E-state index contributed by atoms with van der Waals surface area (Å²) in [5.41, 5.74) is 0. The SMILES string of the molecule is C#COC(=[OH+])C=C(C)[O][Al]([O]C(C)=CC(=[OH+])OCC)[O]C(C)=CC(=[OH+])OCC.CC(=[OH+])C=C(C)[O][Al]([O]C(C)=CC(C)=[OH+])[O]C(C)=CC(C)=[OH+].CCCCC(CC)COC(=[OH+])C=C(C)[O][Al]([O]C(C)=CC(C)=[OH+])[O]C(C)=CC(=[OH+])OCC(CC)CCCC.CCOC(=[OH+])C=C(C)[O][Al]([O]C(C)=CC(C)=[OH+])[O]C(C)=CC(=[OH+])OCC. The molecule has 12 N–H and O–H groups in total. The molecule has 0 aliphatic carbocycles. The van der Waals surface area contributed by atoms with Gasteiger partial charge in [-0.25, -0.2) is 4.74 Å². The second-order valence-corrected chi connectivity index (χ2v) is 29.7. The van der Waals surface area contributed by atoms with Gasteiger partial charge < -0.3 is 107 Å². The first-order chi connectivity index (χ1) is 53.5. The maximum absolute atomic E-state index is 10.2. The fourth-order valence-electron chi connectivity index (χ4n) is 8.34. The van der Waals surface area contributed by atoms with Crippen LogP contribution in [0.2, 0.25) is 0 Å². The van der Waals surface area contributed by atoms with Crippen molar-refractivity contribution in [1.82, 2.24) is 0 Å². The van der Waals surface area contributed by atoms with Gasteiger partial charge in [-0.2, -0.15) is 0 Å². The molecule has 0 saturated carbocycles. The largest absolute Gasteiger partial charge is 1.20 e. The minimum Gasteiger partial charge on any atom is -0.580 e. The zero-order valence-electron chi connectivity index (χ0n) is 71.5. The van der Waals surface area contributed by atoms with E-state index in [1.54, 1.807) is 104 Å². The van der Waals surface area contributed by atoms with E-state index in [1.165, 1.54) is 108 Å². The normalized spacial score (nSPS) is 12.7. The van der Waals surface area contributed by atoms with Crippen molar-refractivity contribution in [3.05, 3.63) is 142 Å². The molecule has 114 heavy (non-hydrogen) atoms. The van der Waals surface area contributed by atoms with Crippen molar-refractivity contribution in [3.63, 3.8) is 0 Å². The van der Waals surface area contributed by atoms with Gasteiger partial charge in [0, 0.05) is 11.8 Å². The fraction of sp³-hybridized carbons (Fsp3) is 0.519. The molecule has 0 aromatic carbocycles. The fourth-order valence-corrected chi connectivity index (χ4v) is 13.4. The summed E-state index contributed by atoms with van der Waals surface area (Å²) in [5.74, 6) is 3.07. The predicted octanol–water partition coefficient (Wildman–Crippen LogP) is 13.5. The summed E-state index contributed by atoms with van der Waals surface area (Å²) in [6.07, 6.45) is 31.5. The van der Waals surface area contributed by atoms with Gasteiger partial charge in [-0.05, 0) is 143 Å². The van der Waals surface area contributed by atoms with Crippen LogP contribution in [0.3, 0.4) is 0 Å². The molecule has 632 valence electrons. The van der Waals surface area contributed by atoms with Crippen LogP contribution < -0.4 is 0 Å². The van der Waals surface area contributed by atoms with Crippen molar-refractivity contribution in [2.75, 3.05) is 39.6 Å². The summed E-state index contributed by atoms with van der Waals surface area (Å²) in [6, 6.07) is 0. The van der Waals surface area contributed by atoms with Crippen molar-refractivity contribution in [3.8, 4) is 12.5 Å². The Kier molecular flexibility index (Phi) is 66.5. The molecular weight excluding hydrogens is 1550 g/mol. The van der Waals surface area contributed by atoms with Crippen LogP contribution in [-0.2, 0) is 78.6 Å². The van der Waals surface area contributed by atoms with E-state index in [9.17, 15) is 57.5 Å². The molecule has 0 aliphatic rings. The topological polar surface area (TPSA) is 432 Å².